The number of halogens is 4. The van der Waals surface area contributed by atoms with Crippen LogP contribution < -0.4 is 16.0 Å². The van der Waals surface area contributed by atoms with Gasteiger partial charge >= 0.3 is 0 Å². The minimum Gasteiger partial charge on any atom is -0.400 e. The van der Waals surface area contributed by atoms with Crippen LogP contribution in [0, 0.1) is 13.8 Å². The molecule has 0 aromatic heterocycles. The summed E-state index contributed by atoms with van der Waals surface area (Å²) in [6.07, 6.45) is 1.30. The molecule has 1 heterocycles. The fourth-order valence-electron chi connectivity index (χ4n) is 4.34. The third-order valence-corrected chi connectivity index (χ3v) is 8.09. The van der Waals surface area contributed by atoms with E-state index in [-0.39, 0.29) is 23.9 Å². The average Bonchev–Trinajstić information content (AvgIpc) is 3.14. The topological polar surface area (TPSA) is 93.7 Å². The van der Waals surface area contributed by atoms with E-state index in [9.17, 15) is 9.59 Å². The molecule has 1 aliphatic rings. The van der Waals surface area contributed by atoms with Gasteiger partial charge in [-0.05, 0) is 76.2 Å². The molecular weight excluding hydrogens is 630 g/mol. The fourth-order valence-corrected chi connectivity index (χ4v) is 5.11. The molecule has 2 unspecified atom stereocenters. The molecule has 3 aromatic rings. The van der Waals surface area contributed by atoms with Crippen LogP contribution in [0.25, 0.3) is 0 Å². The van der Waals surface area contributed by atoms with Gasteiger partial charge in [0.2, 0.25) is 5.91 Å². The average molecular weight is 671 g/mol. The number of aliphatic hydroxyl groups excluding tert-OH is 1. The Morgan fingerprint density at radius 2 is 1.58 bits per heavy atom. The van der Waals surface area contributed by atoms with Crippen LogP contribution in [0.15, 0.2) is 60.7 Å². The van der Waals surface area contributed by atoms with E-state index in [1.165, 1.54) is 17.2 Å². The lowest BCUT2D eigenvalue weighted by Gasteiger charge is -2.25. The Morgan fingerprint density at radius 1 is 0.930 bits per heavy atom. The Bertz CT molecular complexity index is 1300. The highest BCUT2D eigenvalue weighted by molar-refractivity contribution is 6.42. The lowest BCUT2D eigenvalue weighted by Crippen LogP contribution is -2.49. The lowest BCUT2D eigenvalue weighted by atomic mass is 10.1. The van der Waals surface area contributed by atoms with Crippen LogP contribution in [0.2, 0.25) is 20.1 Å². The molecule has 0 spiro atoms. The molecular formula is C32H40Cl4N4O3. The molecule has 4 rings (SSSR count). The maximum atomic E-state index is 13.3. The molecule has 0 radical (unpaired) electrons. The van der Waals surface area contributed by atoms with Crippen molar-refractivity contribution in [3.05, 3.63) is 103 Å². The largest absolute Gasteiger partial charge is 0.400 e. The molecule has 2 amide bonds. The molecule has 4 N–H and O–H groups in total. The van der Waals surface area contributed by atoms with Crippen molar-refractivity contribution < 1.29 is 14.7 Å². The highest BCUT2D eigenvalue weighted by Crippen LogP contribution is 2.24. The third kappa shape index (κ3) is 12.3. The van der Waals surface area contributed by atoms with Gasteiger partial charge in [0, 0.05) is 48.4 Å². The standard InChI is InChI=1S/C23H26Cl4N4O2.C8H10.CH4O/c1-28-8-6-21-23(33)31(13-15-2-4-16(24)11-19(15)26)9-7-17(30-21)12-29-22(32)14-3-5-18(25)20(27)10-14;1-7-3-5-8(2)6-4-7;1-2/h2-5,10-11,17,21,28,30H,6-9,12-13H2,1H3,(H,29,32);3-6H,1-2H3;2H,1H3. The van der Waals surface area contributed by atoms with Gasteiger partial charge in [-0.15, -0.1) is 0 Å². The predicted molar refractivity (Wildman–Crippen MR) is 179 cm³/mol. The third-order valence-electron chi connectivity index (χ3n) is 6.76. The zero-order valence-electron chi connectivity index (χ0n) is 24.9. The van der Waals surface area contributed by atoms with Crippen LogP contribution in [0.3, 0.4) is 0 Å². The van der Waals surface area contributed by atoms with Gasteiger partial charge in [0.05, 0.1) is 16.1 Å². The molecule has 1 aliphatic heterocycles. The van der Waals surface area contributed by atoms with Crippen LogP contribution in [-0.4, -0.2) is 67.7 Å². The number of hydrogen-bond acceptors (Lipinski definition) is 5. The first-order valence-corrected chi connectivity index (χ1v) is 15.4. The van der Waals surface area contributed by atoms with Gasteiger partial charge in [-0.1, -0.05) is 87.9 Å². The number of nitrogens with zero attached hydrogens (tertiary/aromatic N) is 1. The predicted octanol–water partition coefficient (Wildman–Crippen LogP) is 6.31. The highest BCUT2D eigenvalue weighted by Gasteiger charge is 2.31. The number of nitrogens with one attached hydrogen (secondary N) is 3. The van der Waals surface area contributed by atoms with Crippen molar-refractivity contribution in [1.29, 1.82) is 0 Å². The van der Waals surface area contributed by atoms with Crippen LogP contribution in [-0.2, 0) is 11.3 Å². The van der Waals surface area contributed by atoms with Gasteiger partial charge < -0.3 is 26.0 Å². The first-order chi connectivity index (χ1) is 20.6. The van der Waals surface area contributed by atoms with E-state index in [1.54, 1.807) is 24.3 Å². The lowest BCUT2D eigenvalue weighted by molar-refractivity contribution is -0.133. The van der Waals surface area contributed by atoms with Crippen molar-refractivity contribution in [3.63, 3.8) is 0 Å². The quantitative estimate of drug-likeness (QED) is 0.226. The van der Waals surface area contributed by atoms with E-state index >= 15 is 0 Å². The number of benzene rings is 3. The van der Waals surface area contributed by atoms with Gasteiger partial charge in [0.15, 0.2) is 0 Å². The molecule has 2 atom stereocenters. The minimum absolute atomic E-state index is 0.00887. The molecule has 11 heteroatoms. The van der Waals surface area contributed by atoms with Gasteiger partial charge in [-0.3, -0.25) is 9.59 Å². The van der Waals surface area contributed by atoms with Crippen LogP contribution in [0.1, 0.15) is 39.9 Å². The monoisotopic (exact) mass is 668 g/mol. The summed E-state index contributed by atoms with van der Waals surface area (Å²) < 4.78 is 0. The number of hydrogen-bond donors (Lipinski definition) is 4. The number of amides is 2. The summed E-state index contributed by atoms with van der Waals surface area (Å²) in [6, 6.07) is 18.1. The van der Waals surface area contributed by atoms with E-state index < -0.39 is 0 Å². The number of aliphatic hydroxyl groups is 1. The second-order valence-corrected chi connectivity index (χ2v) is 11.7. The Morgan fingerprint density at radius 3 is 2.16 bits per heavy atom. The smallest absolute Gasteiger partial charge is 0.251 e. The second kappa shape index (κ2) is 19.1. The maximum Gasteiger partial charge on any atom is 0.251 e. The summed E-state index contributed by atoms with van der Waals surface area (Å²) >= 11 is 24.3. The van der Waals surface area contributed by atoms with Crippen molar-refractivity contribution in [2.45, 2.75) is 45.3 Å². The van der Waals surface area contributed by atoms with Crippen molar-refractivity contribution in [3.8, 4) is 0 Å². The first-order valence-electron chi connectivity index (χ1n) is 13.9. The maximum absolute atomic E-state index is 13.3. The van der Waals surface area contributed by atoms with Crippen molar-refractivity contribution in [2.75, 3.05) is 33.8 Å². The Kier molecular flexibility index (Phi) is 16.4. The van der Waals surface area contributed by atoms with Crippen LogP contribution in [0.5, 0.6) is 0 Å². The van der Waals surface area contributed by atoms with Crippen LogP contribution in [0.4, 0.5) is 0 Å². The summed E-state index contributed by atoms with van der Waals surface area (Å²) in [4.78, 5) is 27.6. The summed E-state index contributed by atoms with van der Waals surface area (Å²) in [5, 5.41) is 18.2. The van der Waals surface area contributed by atoms with E-state index in [4.69, 9.17) is 51.5 Å². The number of carbonyl (C=O) groups is 2. The van der Waals surface area contributed by atoms with Gasteiger partial charge in [-0.25, -0.2) is 0 Å². The zero-order chi connectivity index (χ0) is 31.9. The molecule has 1 fully saturated rings. The normalized spacial score (nSPS) is 16.3. The van der Waals surface area contributed by atoms with E-state index in [0.29, 0.717) is 64.7 Å². The summed E-state index contributed by atoms with van der Waals surface area (Å²) in [5.41, 5.74) is 3.93. The summed E-state index contributed by atoms with van der Waals surface area (Å²) in [7, 11) is 2.85. The summed E-state index contributed by atoms with van der Waals surface area (Å²) in [5.74, 6) is -0.239. The van der Waals surface area contributed by atoms with E-state index in [2.05, 4.69) is 54.1 Å². The highest BCUT2D eigenvalue weighted by atomic mass is 35.5. The zero-order valence-corrected chi connectivity index (χ0v) is 27.9. The van der Waals surface area contributed by atoms with Gasteiger partial charge in [0.1, 0.15) is 0 Å². The van der Waals surface area contributed by atoms with Crippen molar-refractivity contribution >= 4 is 58.2 Å². The minimum atomic E-state index is -0.377. The van der Waals surface area contributed by atoms with E-state index in [1.807, 2.05) is 18.0 Å². The molecule has 3 aromatic carbocycles. The first kappa shape index (κ1) is 36.8. The van der Waals surface area contributed by atoms with Crippen molar-refractivity contribution in [1.82, 2.24) is 20.9 Å². The van der Waals surface area contributed by atoms with Crippen LogP contribution >= 0.6 is 46.4 Å². The molecule has 1 saturated heterocycles. The molecule has 234 valence electrons. The number of rotatable bonds is 8. The Labute approximate surface area is 274 Å². The molecule has 0 saturated carbocycles. The Hall–Kier alpha value is -2.36. The van der Waals surface area contributed by atoms with E-state index in [0.717, 1.165) is 12.7 Å². The molecule has 0 aliphatic carbocycles. The SMILES string of the molecule is CNCCC1NC(CNC(=O)c2ccc(Cl)c(Cl)c2)CCN(Cc2ccc(Cl)cc2Cl)C1=O.CO.Cc1ccc(C)cc1. The van der Waals surface area contributed by atoms with Gasteiger partial charge in [-0.2, -0.15) is 0 Å². The summed E-state index contributed by atoms with van der Waals surface area (Å²) in [6.45, 7) is 6.18. The number of carbonyl (C=O) groups excluding carboxylic acids is 2. The van der Waals surface area contributed by atoms with Gasteiger partial charge in [0.25, 0.3) is 5.91 Å². The second-order valence-electron chi connectivity index (χ2n) is 10.1. The molecule has 0 bridgehead atoms. The number of aryl methyl sites for hydroxylation is 2. The molecule has 7 nitrogen and oxygen atoms in total. The Balaban J connectivity index is 0.000000550. The van der Waals surface area contributed by atoms with Crippen molar-refractivity contribution in [2.24, 2.45) is 0 Å². The molecule has 43 heavy (non-hydrogen) atoms. The fraction of sp³-hybridized carbons (Fsp3) is 0.375.